The lowest BCUT2D eigenvalue weighted by atomic mass is 10.1. The van der Waals surface area contributed by atoms with Gasteiger partial charge in [0.15, 0.2) is 11.6 Å². The van der Waals surface area contributed by atoms with Gasteiger partial charge < -0.3 is 4.90 Å². The van der Waals surface area contributed by atoms with Gasteiger partial charge in [-0.05, 0) is 35.9 Å². The van der Waals surface area contributed by atoms with E-state index in [0.29, 0.717) is 11.1 Å². The van der Waals surface area contributed by atoms with E-state index >= 15 is 0 Å². The molecule has 5 rings (SSSR count). The predicted molar refractivity (Wildman–Crippen MR) is 108 cm³/mol. The lowest BCUT2D eigenvalue weighted by molar-refractivity contribution is 0.0990. The fourth-order valence-corrected chi connectivity index (χ4v) is 4.82. The Bertz CT molecular complexity index is 1130. The molecule has 0 saturated carbocycles. The molecule has 0 radical (unpaired) electrons. The van der Waals surface area contributed by atoms with Crippen LogP contribution in [0.5, 0.6) is 0 Å². The summed E-state index contributed by atoms with van der Waals surface area (Å²) in [4.78, 5) is 29.7. The van der Waals surface area contributed by atoms with Gasteiger partial charge in [-0.15, -0.1) is 0 Å². The molecule has 0 amide bonds. The second-order valence-electron chi connectivity index (χ2n) is 6.62. The van der Waals surface area contributed by atoms with Crippen molar-refractivity contribution in [2.75, 3.05) is 11.9 Å². The summed E-state index contributed by atoms with van der Waals surface area (Å²) < 4.78 is 0. The van der Waals surface area contributed by atoms with E-state index in [-0.39, 0.29) is 17.1 Å². The average molecular weight is 369 g/mol. The molecule has 4 heteroatoms. The van der Waals surface area contributed by atoms with E-state index in [1.54, 1.807) is 42.1 Å². The van der Waals surface area contributed by atoms with Gasteiger partial charge in [0.25, 0.3) is 0 Å². The number of hydrogen-bond acceptors (Lipinski definition) is 4. The van der Waals surface area contributed by atoms with Crippen LogP contribution >= 0.6 is 11.8 Å². The van der Waals surface area contributed by atoms with E-state index in [0.717, 1.165) is 16.1 Å². The van der Waals surface area contributed by atoms with Crippen LogP contribution in [0.1, 0.15) is 26.3 Å². The maximum atomic E-state index is 12.6. The Morgan fingerprint density at radius 1 is 0.778 bits per heavy atom. The summed E-state index contributed by atoms with van der Waals surface area (Å²) in [6.45, 7) is 0. The van der Waals surface area contributed by atoms with Crippen molar-refractivity contribution in [1.82, 2.24) is 0 Å². The van der Waals surface area contributed by atoms with Gasteiger partial charge in [0.1, 0.15) is 0 Å². The highest BCUT2D eigenvalue weighted by molar-refractivity contribution is 7.99. The van der Waals surface area contributed by atoms with Crippen molar-refractivity contribution in [3.05, 3.63) is 89.0 Å². The van der Waals surface area contributed by atoms with E-state index in [1.165, 1.54) is 10.6 Å². The van der Waals surface area contributed by atoms with Crippen molar-refractivity contribution in [3.63, 3.8) is 0 Å². The summed E-state index contributed by atoms with van der Waals surface area (Å²) in [7, 11) is 2.05. The fraction of sp³-hybridized carbons (Fsp3) is 0.0435. The Morgan fingerprint density at radius 3 is 2.15 bits per heavy atom. The first-order valence-corrected chi connectivity index (χ1v) is 9.50. The second kappa shape index (κ2) is 5.96. The summed E-state index contributed by atoms with van der Waals surface area (Å²) in [5.74, 6) is -0.383. The zero-order valence-electron chi connectivity index (χ0n) is 14.6. The highest BCUT2D eigenvalue weighted by Crippen LogP contribution is 2.47. The molecule has 27 heavy (non-hydrogen) atoms. The molecular weight excluding hydrogens is 354 g/mol. The highest BCUT2D eigenvalue weighted by Gasteiger charge is 2.32. The Hall–Kier alpha value is -3.11. The van der Waals surface area contributed by atoms with Crippen molar-refractivity contribution < 1.29 is 9.59 Å². The Labute approximate surface area is 161 Å². The number of carbonyl (C=O) groups excluding carboxylic acids is 2. The smallest absolute Gasteiger partial charge is 0.197 e. The molecule has 0 N–H and O–H groups in total. The first kappa shape index (κ1) is 16.1. The van der Waals surface area contributed by atoms with Crippen LogP contribution in [0, 0.1) is 0 Å². The molecule has 0 spiro atoms. The maximum absolute atomic E-state index is 12.6. The van der Waals surface area contributed by atoms with E-state index in [4.69, 9.17) is 0 Å². The maximum Gasteiger partial charge on any atom is 0.197 e. The number of ketones is 2. The number of nitrogens with zero attached hydrogens (tertiary/aromatic N) is 1. The molecule has 3 nitrogen and oxygen atoms in total. The minimum Gasteiger partial charge on any atom is -0.343 e. The molecule has 1 aliphatic carbocycles. The van der Waals surface area contributed by atoms with Crippen molar-refractivity contribution in [1.29, 1.82) is 0 Å². The lowest BCUT2D eigenvalue weighted by Crippen LogP contribution is -2.14. The summed E-state index contributed by atoms with van der Waals surface area (Å²) in [5.41, 5.74) is 4.39. The second-order valence-corrected chi connectivity index (χ2v) is 7.70. The molecule has 0 aromatic heterocycles. The monoisotopic (exact) mass is 369 g/mol. The molecular formula is C23H15NO2S. The fourth-order valence-electron chi connectivity index (χ4n) is 3.62. The number of para-hydroxylation sites is 1. The van der Waals surface area contributed by atoms with Gasteiger partial charge in [0.2, 0.25) is 0 Å². The minimum absolute atomic E-state index is 0.191. The number of allylic oxidation sites excluding steroid dienone is 1. The normalized spacial score (nSPS) is 14.7. The van der Waals surface area contributed by atoms with E-state index < -0.39 is 0 Å². The quantitative estimate of drug-likeness (QED) is 0.426. The highest BCUT2D eigenvalue weighted by atomic mass is 32.2. The molecule has 130 valence electrons. The SMILES string of the molecule is CN1c2ccccc2Sc2cc(C=C3C(=O)c4ccccc4C3=O)ccc21. The molecule has 0 fully saturated rings. The van der Waals surface area contributed by atoms with Gasteiger partial charge in [-0.3, -0.25) is 9.59 Å². The third kappa shape index (κ3) is 2.45. The zero-order valence-corrected chi connectivity index (χ0v) is 15.4. The summed E-state index contributed by atoms with van der Waals surface area (Å²) in [6.07, 6.45) is 1.71. The number of anilines is 2. The summed E-state index contributed by atoms with van der Waals surface area (Å²) in [5, 5.41) is 0. The van der Waals surface area contributed by atoms with Crippen LogP contribution in [0.3, 0.4) is 0 Å². The van der Waals surface area contributed by atoms with Gasteiger partial charge in [-0.25, -0.2) is 0 Å². The molecule has 3 aromatic rings. The topological polar surface area (TPSA) is 37.4 Å². The number of rotatable bonds is 1. The third-order valence-corrected chi connectivity index (χ3v) is 6.12. The molecule has 0 bridgehead atoms. The molecule has 0 saturated heterocycles. The van der Waals surface area contributed by atoms with Crippen molar-refractivity contribution in [2.45, 2.75) is 9.79 Å². The minimum atomic E-state index is -0.191. The van der Waals surface area contributed by atoms with Crippen molar-refractivity contribution in [3.8, 4) is 0 Å². The van der Waals surface area contributed by atoms with Gasteiger partial charge in [0, 0.05) is 28.0 Å². The summed E-state index contributed by atoms with van der Waals surface area (Å²) in [6, 6.07) is 21.3. The van der Waals surface area contributed by atoms with Gasteiger partial charge >= 0.3 is 0 Å². The van der Waals surface area contributed by atoms with Crippen LogP contribution in [-0.2, 0) is 0 Å². The molecule has 2 aliphatic rings. The van der Waals surface area contributed by atoms with Crippen LogP contribution in [0.25, 0.3) is 6.08 Å². The molecule has 1 aliphatic heterocycles. The van der Waals surface area contributed by atoms with Gasteiger partial charge in [-0.2, -0.15) is 0 Å². The van der Waals surface area contributed by atoms with Crippen molar-refractivity contribution in [2.24, 2.45) is 0 Å². The largest absolute Gasteiger partial charge is 0.343 e. The van der Waals surface area contributed by atoms with Crippen LogP contribution in [0.4, 0.5) is 11.4 Å². The Kier molecular flexibility index (Phi) is 3.55. The Balaban J connectivity index is 1.55. The first-order valence-electron chi connectivity index (χ1n) is 8.68. The average Bonchev–Trinajstić information content (AvgIpc) is 2.93. The number of fused-ring (bicyclic) bond motifs is 3. The van der Waals surface area contributed by atoms with Crippen LogP contribution in [-0.4, -0.2) is 18.6 Å². The Morgan fingerprint density at radius 2 is 1.41 bits per heavy atom. The lowest BCUT2D eigenvalue weighted by Gasteiger charge is -2.29. The predicted octanol–water partition coefficient (Wildman–Crippen LogP) is 5.38. The third-order valence-electron chi connectivity index (χ3n) is 5.01. The standard InChI is InChI=1S/C23H15NO2S/c1-24-18-8-4-5-9-20(18)27-21-13-14(10-11-19(21)24)12-17-22(25)15-6-2-3-7-16(15)23(17)26/h2-13H,1H3. The van der Waals surface area contributed by atoms with Gasteiger partial charge in [0.05, 0.1) is 16.9 Å². The van der Waals surface area contributed by atoms with Crippen LogP contribution in [0.2, 0.25) is 0 Å². The van der Waals surface area contributed by atoms with Gasteiger partial charge in [-0.1, -0.05) is 54.2 Å². The number of Topliss-reactive ketones (excluding diaryl/α,β-unsaturated/α-hetero) is 2. The van der Waals surface area contributed by atoms with E-state index in [1.807, 2.05) is 30.3 Å². The zero-order chi connectivity index (χ0) is 18.5. The number of carbonyl (C=O) groups is 2. The van der Waals surface area contributed by atoms with E-state index in [9.17, 15) is 9.59 Å². The van der Waals surface area contributed by atoms with Crippen LogP contribution in [0.15, 0.2) is 82.1 Å². The molecule has 3 aromatic carbocycles. The first-order chi connectivity index (χ1) is 13.1. The molecule has 0 atom stereocenters. The van der Waals surface area contributed by atoms with E-state index in [2.05, 4.69) is 24.1 Å². The van der Waals surface area contributed by atoms with Crippen molar-refractivity contribution >= 4 is 40.8 Å². The molecule has 1 heterocycles. The summed E-state index contributed by atoms with van der Waals surface area (Å²) >= 11 is 1.71. The molecule has 0 unspecified atom stereocenters. The van der Waals surface area contributed by atoms with Crippen LogP contribution < -0.4 is 4.90 Å². The number of benzene rings is 3. The number of hydrogen-bond donors (Lipinski definition) is 0.